The molecule has 1 heterocycles. The van der Waals surface area contributed by atoms with Gasteiger partial charge in [-0.15, -0.1) is 0 Å². The van der Waals surface area contributed by atoms with Crippen molar-refractivity contribution < 1.29 is 4.79 Å². The Balaban J connectivity index is 2.36. The van der Waals surface area contributed by atoms with Crippen LogP contribution in [0.3, 0.4) is 0 Å². The Labute approximate surface area is 117 Å². The van der Waals surface area contributed by atoms with Gasteiger partial charge in [-0.1, -0.05) is 18.2 Å². The summed E-state index contributed by atoms with van der Waals surface area (Å²) in [5, 5.41) is 0. The Morgan fingerprint density at radius 2 is 2.10 bits per heavy atom. The molecule has 0 aliphatic carbocycles. The zero-order valence-corrected chi connectivity index (χ0v) is 11.5. The number of hydrogen-bond donors (Lipinski definition) is 2. The van der Waals surface area contributed by atoms with Crippen LogP contribution in [0.25, 0.3) is 0 Å². The fourth-order valence-corrected chi connectivity index (χ4v) is 1.97. The number of carbonyl (C=O) groups excluding carboxylic acids is 1. The molecule has 0 atom stereocenters. The zero-order valence-electron chi connectivity index (χ0n) is 11.5. The lowest BCUT2D eigenvalue weighted by Crippen LogP contribution is -2.32. The number of hydrazine groups is 1. The third-order valence-corrected chi connectivity index (χ3v) is 2.97. The molecule has 1 aromatic heterocycles. The topological polar surface area (TPSA) is 84.1 Å². The quantitative estimate of drug-likeness (QED) is 0.653. The summed E-state index contributed by atoms with van der Waals surface area (Å²) in [7, 11) is 0. The lowest BCUT2D eigenvalue weighted by Gasteiger charge is -2.22. The molecule has 20 heavy (non-hydrogen) atoms. The van der Waals surface area contributed by atoms with E-state index in [9.17, 15) is 4.79 Å². The van der Waals surface area contributed by atoms with E-state index in [4.69, 9.17) is 5.84 Å². The largest absolute Gasteiger partial charge is 0.307 e. The Bertz CT molecular complexity index is 614. The van der Waals surface area contributed by atoms with E-state index < -0.39 is 0 Å². The van der Waals surface area contributed by atoms with Gasteiger partial charge < -0.3 is 10.3 Å². The molecule has 0 aliphatic heterocycles. The SMILES string of the molecule is CCN(C(=O)c1cncc(NN)n1)c1ccccc1C. The van der Waals surface area contributed by atoms with Gasteiger partial charge in [0.25, 0.3) is 5.91 Å². The Morgan fingerprint density at radius 1 is 1.35 bits per heavy atom. The molecule has 2 rings (SSSR count). The minimum atomic E-state index is -0.202. The van der Waals surface area contributed by atoms with Crippen molar-refractivity contribution in [2.45, 2.75) is 13.8 Å². The van der Waals surface area contributed by atoms with Crippen LogP contribution >= 0.6 is 0 Å². The van der Waals surface area contributed by atoms with Gasteiger partial charge in [-0.05, 0) is 25.5 Å². The minimum absolute atomic E-state index is 0.202. The van der Waals surface area contributed by atoms with Crippen molar-refractivity contribution in [1.29, 1.82) is 0 Å². The Hall–Kier alpha value is -2.47. The first-order chi connectivity index (χ1) is 9.67. The predicted octanol–water partition coefficient (Wildman–Crippen LogP) is 1.74. The summed E-state index contributed by atoms with van der Waals surface area (Å²) in [6.07, 6.45) is 2.89. The van der Waals surface area contributed by atoms with Gasteiger partial charge in [0, 0.05) is 12.2 Å². The lowest BCUT2D eigenvalue weighted by atomic mass is 10.1. The lowest BCUT2D eigenvalue weighted by molar-refractivity contribution is 0.0983. The summed E-state index contributed by atoms with van der Waals surface area (Å²) in [5.74, 6) is 5.44. The van der Waals surface area contributed by atoms with Crippen LogP contribution in [0.5, 0.6) is 0 Å². The maximum absolute atomic E-state index is 12.6. The standard InChI is InChI=1S/C14H17N5O/c1-3-19(12-7-5-4-6-10(12)2)14(20)11-8-16-9-13(17-11)18-15/h4-9H,3,15H2,1-2H3,(H,17,18). The van der Waals surface area contributed by atoms with Crippen molar-refractivity contribution in [1.82, 2.24) is 9.97 Å². The third-order valence-electron chi connectivity index (χ3n) is 2.97. The van der Waals surface area contributed by atoms with E-state index in [1.807, 2.05) is 38.1 Å². The second-order valence-corrected chi connectivity index (χ2v) is 4.27. The summed E-state index contributed by atoms with van der Waals surface area (Å²) in [6, 6.07) is 7.72. The molecule has 0 aliphatic rings. The van der Waals surface area contributed by atoms with Crippen molar-refractivity contribution in [2.75, 3.05) is 16.9 Å². The van der Waals surface area contributed by atoms with Gasteiger partial charge >= 0.3 is 0 Å². The van der Waals surface area contributed by atoms with Crippen LogP contribution in [-0.4, -0.2) is 22.4 Å². The zero-order chi connectivity index (χ0) is 14.5. The maximum atomic E-state index is 12.6. The number of anilines is 2. The number of para-hydroxylation sites is 1. The summed E-state index contributed by atoms with van der Waals surface area (Å²) >= 11 is 0. The van der Waals surface area contributed by atoms with E-state index in [0.717, 1.165) is 11.3 Å². The molecule has 0 saturated heterocycles. The number of nitrogens with one attached hydrogen (secondary N) is 1. The highest BCUT2D eigenvalue weighted by atomic mass is 16.2. The predicted molar refractivity (Wildman–Crippen MR) is 78.4 cm³/mol. The van der Waals surface area contributed by atoms with Gasteiger partial charge in [0.15, 0.2) is 5.82 Å². The molecule has 6 heteroatoms. The van der Waals surface area contributed by atoms with Gasteiger partial charge in [-0.2, -0.15) is 0 Å². The van der Waals surface area contributed by atoms with E-state index in [1.54, 1.807) is 4.90 Å². The van der Waals surface area contributed by atoms with Crippen LogP contribution in [0.2, 0.25) is 0 Å². The highest BCUT2D eigenvalue weighted by Gasteiger charge is 2.19. The number of nitrogens with zero attached hydrogens (tertiary/aromatic N) is 3. The molecule has 0 saturated carbocycles. The van der Waals surface area contributed by atoms with Crippen LogP contribution in [0.1, 0.15) is 23.0 Å². The Kier molecular flexibility index (Phi) is 4.27. The average molecular weight is 271 g/mol. The fourth-order valence-electron chi connectivity index (χ4n) is 1.97. The number of nitrogens with two attached hydrogens (primary N) is 1. The molecule has 0 unspecified atom stereocenters. The molecule has 0 bridgehead atoms. The van der Waals surface area contributed by atoms with E-state index in [-0.39, 0.29) is 11.6 Å². The molecule has 1 aromatic carbocycles. The van der Waals surface area contributed by atoms with Gasteiger partial charge in [0.1, 0.15) is 5.69 Å². The summed E-state index contributed by atoms with van der Waals surface area (Å²) in [6.45, 7) is 4.43. The number of carbonyl (C=O) groups is 1. The monoisotopic (exact) mass is 271 g/mol. The number of rotatable bonds is 4. The van der Waals surface area contributed by atoms with Crippen LogP contribution in [0.4, 0.5) is 11.5 Å². The minimum Gasteiger partial charge on any atom is -0.307 e. The van der Waals surface area contributed by atoms with E-state index in [0.29, 0.717) is 12.4 Å². The second kappa shape index (κ2) is 6.12. The number of benzene rings is 1. The normalized spacial score (nSPS) is 10.2. The van der Waals surface area contributed by atoms with Crippen molar-refractivity contribution in [2.24, 2.45) is 5.84 Å². The number of aromatic nitrogens is 2. The molecule has 0 radical (unpaired) electrons. The highest BCUT2D eigenvalue weighted by Crippen LogP contribution is 2.21. The first kappa shape index (κ1) is 14.0. The summed E-state index contributed by atoms with van der Waals surface area (Å²) < 4.78 is 0. The average Bonchev–Trinajstić information content (AvgIpc) is 2.49. The van der Waals surface area contributed by atoms with Crippen LogP contribution < -0.4 is 16.2 Å². The fraction of sp³-hybridized carbons (Fsp3) is 0.214. The molecule has 6 nitrogen and oxygen atoms in total. The van der Waals surface area contributed by atoms with Crippen LogP contribution in [0, 0.1) is 6.92 Å². The van der Waals surface area contributed by atoms with Crippen LogP contribution in [-0.2, 0) is 0 Å². The number of nitrogen functional groups attached to an aromatic ring is 1. The summed E-state index contributed by atoms with van der Waals surface area (Å²) in [4.78, 5) is 22.3. The van der Waals surface area contributed by atoms with E-state index in [2.05, 4.69) is 15.4 Å². The number of hydrogen-bond acceptors (Lipinski definition) is 5. The maximum Gasteiger partial charge on any atom is 0.278 e. The molecule has 3 N–H and O–H groups in total. The third kappa shape index (κ3) is 2.75. The van der Waals surface area contributed by atoms with E-state index in [1.165, 1.54) is 12.4 Å². The van der Waals surface area contributed by atoms with Crippen molar-refractivity contribution in [3.63, 3.8) is 0 Å². The Morgan fingerprint density at radius 3 is 2.75 bits per heavy atom. The number of aryl methyl sites for hydroxylation is 1. The first-order valence-electron chi connectivity index (χ1n) is 6.33. The molecular weight excluding hydrogens is 254 g/mol. The van der Waals surface area contributed by atoms with Crippen molar-refractivity contribution in [3.8, 4) is 0 Å². The number of amides is 1. The molecule has 0 spiro atoms. The smallest absolute Gasteiger partial charge is 0.278 e. The van der Waals surface area contributed by atoms with Gasteiger partial charge in [-0.3, -0.25) is 9.78 Å². The van der Waals surface area contributed by atoms with Gasteiger partial charge in [0.05, 0.1) is 12.4 Å². The highest BCUT2D eigenvalue weighted by molar-refractivity contribution is 6.05. The molecule has 2 aromatic rings. The van der Waals surface area contributed by atoms with Crippen molar-refractivity contribution >= 4 is 17.4 Å². The molecule has 0 fully saturated rings. The van der Waals surface area contributed by atoms with E-state index >= 15 is 0 Å². The van der Waals surface area contributed by atoms with Gasteiger partial charge in [-0.25, -0.2) is 10.8 Å². The summed E-state index contributed by atoms with van der Waals surface area (Å²) in [5.41, 5.74) is 4.54. The second-order valence-electron chi connectivity index (χ2n) is 4.27. The van der Waals surface area contributed by atoms with Crippen molar-refractivity contribution in [3.05, 3.63) is 47.9 Å². The first-order valence-corrected chi connectivity index (χ1v) is 6.33. The molecule has 1 amide bonds. The molecular formula is C14H17N5O. The van der Waals surface area contributed by atoms with Gasteiger partial charge in [0.2, 0.25) is 0 Å². The molecule has 104 valence electrons. The van der Waals surface area contributed by atoms with Crippen LogP contribution in [0.15, 0.2) is 36.7 Å².